The maximum atomic E-state index is 9.38. The summed E-state index contributed by atoms with van der Waals surface area (Å²) in [4.78, 5) is 2.68. The van der Waals surface area contributed by atoms with Crippen LogP contribution in [0.25, 0.3) is 10.4 Å². The lowest BCUT2D eigenvalue weighted by Gasteiger charge is -2.14. The Labute approximate surface area is 66.9 Å². The lowest BCUT2D eigenvalue weighted by atomic mass is 10.1. The second-order valence-electron chi connectivity index (χ2n) is 2.54. The van der Waals surface area contributed by atoms with Crippen LogP contribution in [0, 0.1) is 0 Å². The Balaban J connectivity index is 3.90. The molecule has 1 N–H and O–H groups in total. The van der Waals surface area contributed by atoms with Gasteiger partial charge in [0.05, 0.1) is 12.1 Å². The molecular formula is C7H15N3O. The largest absolute Gasteiger partial charge is 0.393 e. The molecule has 0 saturated carbocycles. The second-order valence-corrected chi connectivity index (χ2v) is 2.54. The lowest BCUT2D eigenvalue weighted by molar-refractivity contribution is 0.132. The van der Waals surface area contributed by atoms with Crippen molar-refractivity contribution in [2.75, 3.05) is 0 Å². The Morgan fingerprint density at radius 1 is 1.55 bits per heavy atom. The van der Waals surface area contributed by atoms with Gasteiger partial charge in [0.15, 0.2) is 0 Å². The van der Waals surface area contributed by atoms with Gasteiger partial charge in [0.25, 0.3) is 0 Å². The van der Waals surface area contributed by atoms with Gasteiger partial charge >= 0.3 is 0 Å². The topological polar surface area (TPSA) is 69.0 Å². The van der Waals surface area contributed by atoms with Crippen LogP contribution in [0.15, 0.2) is 5.11 Å². The third-order valence-electron chi connectivity index (χ3n) is 1.65. The minimum Gasteiger partial charge on any atom is -0.393 e. The number of aliphatic hydroxyl groups excluding tert-OH is 1. The fourth-order valence-electron chi connectivity index (χ4n) is 0.985. The predicted octanol–water partition coefficient (Wildman–Crippen LogP) is 2.24. The average Bonchev–Trinajstić information content (AvgIpc) is 2.00. The van der Waals surface area contributed by atoms with Gasteiger partial charge < -0.3 is 5.11 Å². The van der Waals surface area contributed by atoms with E-state index in [1.807, 2.05) is 13.8 Å². The number of aliphatic hydroxyl groups is 1. The van der Waals surface area contributed by atoms with Crippen molar-refractivity contribution in [3.8, 4) is 0 Å². The summed E-state index contributed by atoms with van der Waals surface area (Å²) >= 11 is 0. The molecule has 64 valence electrons. The minimum absolute atomic E-state index is 0.250. The van der Waals surface area contributed by atoms with Crippen LogP contribution in [-0.4, -0.2) is 17.3 Å². The van der Waals surface area contributed by atoms with Gasteiger partial charge in [-0.3, -0.25) is 0 Å². The molecule has 0 spiro atoms. The number of hydrogen-bond acceptors (Lipinski definition) is 2. The highest BCUT2D eigenvalue weighted by Crippen LogP contribution is 2.09. The molecule has 0 fully saturated rings. The SMILES string of the molecule is CCC[C@@H](O)[C@@H](CC)N=[N+]=[N-]. The van der Waals surface area contributed by atoms with E-state index < -0.39 is 6.10 Å². The van der Waals surface area contributed by atoms with Crippen molar-refractivity contribution in [1.29, 1.82) is 0 Å². The first-order chi connectivity index (χ1) is 5.26. The molecule has 0 aliphatic rings. The van der Waals surface area contributed by atoms with Crippen LogP contribution in [0.4, 0.5) is 0 Å². The van der Waals surface area contributed by atoms with Gasteiger partial charge in [-0.25, -0.2) is 0 Å². The number of rotatable bonds is 5. The third kappa shape index (κ3) is 3.86. The molecular weight excluding hydrogens is 142 g/mol. The van der Waals surface area contributed by atoms with Crippen LogP contribution in [-0.2, 0) is 0 Å². The summed E-state index contributed by atoms with van der Waals surface area (Å²) in [6, 6.07) is -0.250. The monoisotopic (exact) mass is 157 g/mol. The Hall–Kier alpha value is -0.730. The number of hydrogen-bond donors (Lipinski definition) is 1. The first kappa shape index (κ1) is 10.3. The molecule has 0 aromatic carbocycles. The van der Waals surface area contributed by atoms with E-state index >= 15 is 0 Å². The van der Waals surface area contributed by atoms with Crippen molar-refractivity contribution in [2.45, 2.75) is 45.3 Å². The summed E-state index contributed by atoms with van der Waals surface area (Å²) in [6.45, 7) is 3.89. The maximum Gasteiger partial charge on any atom is 0.0631 e. The molecule has 0 amide bonds. The Bertz CT molecular complexity index is 143. The van der Waals surface area contributed by atoms with Crippen molar-refractivity contribution < 1.29 is 5.11 Å². The normalized spacial score (nSPS) is 15.2. The van der Waals surface area contributed by atoms with Crippen LogP contribution in [0.3, 0.4) is 0 Å². The Morgan fingerprint density at radius 2 is 2.18 bits per heavy atom. The van der Waals surface area contributed by atoms with Crippen LogP contribution in [0.1, 0.15) is 33.1 Å². The Morgan fingerprint density at radius 3 is 2.55 bits per heavy atom. The summed E-state index contributed by atoms with van der Waals surface area (Å²) < 4.78 is 0. The van der Waals surface area contributed by atoms with E-state index in [-0.39, 0.29) is 6.04 Å². The first-order valence-electron chi connectivity index (χ1n) is 3.98. The van der Waals surface area contributed by atoms with E-state index in [4.69, 9.17) is 5.53 Å². The summed E-state index contributed by atoms with van der Waals surface area (Å²) in [5.74, 6) is 0. The highest BCUT2D eigenvalue weighted by Gasteiger charge is 2.13. The van der Waals surface area contributed by atoms with E-state index in [2.05, 4.69) is 10.0 Å². The molecule has 0 rings (SSSR count). The highest BCUT2D eigenvalue weighted by molar-refractivity contribution is 4.73. The van der Waals surface area contributed by atoms with Gasteiger partial charge in [-0.05, 0) is 18.4 Å². The average molecular weight is 157 g/mol. The Kier molecular flexibility index (Phi) is 5.61. The summed E-state index contributed by atoms with van der Waals surface area (Å²) in [7, 11) is 0. The molecule has 0 unspecified atom stereocenters. The third-order valence-corrected chi connectivity index (χ3v) is 1.65. The van der Waals surface area contributed by atoms with E-state index in [0.29, 0.717) is 12.8 Å². The zero-order valence-electron chi connectivity index (χ0n) is 7.06. The molecule has 4 nitrogen and oxygen atoms in total. The van der Waals surface area contributed by atoms with Gasteiger partial charge in [0.1, 0.15) is 0 Å². The summed E-state index contributed by atoms with van der Waals surface area (Å²) in [6.07, 6.45) is 1.85. The van der Waals surface area contributed by atoms with Gasteiger partial charge in [-0.1, -0.05) is 25.4 Å². The van der Waals surface area contributed by atoms with Crippen LogP contribution < -0.4 is 0 Å². The summed E-state index contributed by atoms with van der Waals surface area (Å²) in [5.41, 5.74) is 8.13. The zero-order chi connectivity index (χ0) is 8.69. The molecule has 4 heteroatoms. The van der Waals surface area contributed by atoms with Crippen LogP contribution in [0.2, 0.25) is 0 Å². The zero-order valence-corrected chi connectivity index (χ0v) is 7.06. The predicted molar refractivity (Wildman–Crippen MR) is 44.1 cm³/mol. The maximum absolute atomic E-state index is 9.38. The standard InChI is InChI=1S/C7H15N3O/c1-3-5-7(11)6(4-2)9-10-8/h6-7,11H,3-5H2,1-2H3/t6-,7-/m1/s1. The van der Waals surface area contributed by atoms with Crippen LogP contribution in [0.5, 0.6) is 0 Å². The van der Waals surface area contributed by atoms with Crippen molar-refractivity contribution in [1.82, 2.24) is 0 Å². The van der Waals surface area contributed by atoms with Crippen molar-refractivity contribution in [2.24, 2.45) is 5.11 Å². The van der Waals surface area contributed by atoms with Crippen molar-refractivity contribution in [3.05, 3.63) is 10.4 Å². The second kappa shape index (κ2) is 6.01. The highest BCUT2D eigenvalue weighted by atomic mass is 16.3. The van der Waals surface area contributed by atoms with Gasteiger partial charge in [0.2, 0.25) is 0 Å². The molecule has 0 aliphatic heterocycles. The molecule has 0 bridgehead atoms. The van der Waals surface area contributed by atoms with E-state index in [1.165, 1.54) is 0 Å². The van der Waals surface area contributed by atoms with Crippen molar-refractivity contribution >= 4 is 0 Å². The molecule has 0 aromatic heterocycles. The van der Waals surface area contributed by atoms with Crippen LogP contribution >= 0.6 is 0 Å². The number of nitrogens with zero attached hydrogens (tertiary/aromatic N) is 3. The fraction of sp³-hybridized carbons (Fsp3) is 1.00. The molecule has 0 radical (unpaired) electrons. The van der Waals surface area contributed by atoms with E-state index in [0.717, 1.165) is 6.42 Å². The molecule has 0 saturated heterocycles. The molecule has 0 aliphatic carbocycles. The number of azide groups is 1. The molecule has 0 aromatic rings. The van der Waals surface area contributed by atoms with Gasteiger partial charge in [-0.2, -0.15) is 0 Å². The molecule has 2 atom stereocenters. The van der Waals surface area contributed by atoms with Crippen molar-refractivity contribution in [3.63, 3.8) is 0 Å². The fourth-order valence-corrected chi connectivity index (χ4v) is 0.985. The van der Waals surface area contributed by atoms with Gasteiger partial charge in [0, 0.05) is 4.91 Å². The first-order valence-corrected chi connectivity index (χ1v) is 3.98. The summed E-state index contributed by atoms with van der Waals surface area (Å²) in [5, 5.41) is 12.9. The molecule has 0 heterocycles. The minimum atomic E-state index is -0.471. The quantitative estimate of drug-likeness (QED) is 0.371. The van der Waals surface area contributed by atoms with E-state index in [9.17, 15) is 5.11 Å². The smallest absolute Gasteiger partial charge is 0.0631 e. The van der Waals surface area contributed by atoms with Gasteiger partial charge in [-0.15, -0.1) is 0 Å². The molecule has 11 heavy (non-hydrogen) atoms. The van der Waals surface area contributed by atoms with E-state index in [1.54, 1.807) is 0 Å². The lowest BCUT2D eigenvalue weighted by Crippen LogP contribution is -2.22.